The van der Waals surface area contributed by atoms with Gasteiger partial charge in [-0.3, -0.25) is 0 Å². The average Bonchev–Trinajstić information content (AvgIpc) is 2.88. The summed E-state index contributed by atoms with van der Waals surface area (Å²) in [5.41, 5.74) is 2.03. The van der Waals surface area contributed by atoms with Crippen LogP contribution in [0.3, 0.4) is 0 Å². The molecule has 0 spiro atoms. The third-order valence-electron chi connectivity index (χ3n) is 3.39. The van der Waals surface area contributed by atoms with Gasteiger partial charge in [-0.25, -0.2) is 9.37 Å². The summed E-state index contributed by atoms with van der Waals surface area (Å²) in [5, 5.41) is 6.52. The van der Waals surface area contributed by atoms with Gasteiger partial charge < -0.3 is 5.32 Å². The van der Waals surface area contributed by atoms with Crippen molar-refractivity contribution in [3.05, 3.63) is 50.7 Å². The molecule has 1 unspecified atom stereocenters. The van der Waals surface area contributed by atoms with Gasteiger partial charge in [0.1, 0.15) is 5.82 Å². The zero-order valence-corrected chi connectivity index (χ0v) is 14.3. The molecule has 1 atom stereocenters. The molecule has 0 aliphatic carbocycles. The maximum absolute atomic E-state index is 13.6. The third kappa shape index (κ3) is 4.02. The summed E-state index contributed by atoms with van der Waals surface area (Å²) in [6, 6.07) is 4.96. The molecule has 2 aromatic rings. The molecule has 1 N–H and O–H groups in total. The largest absolute Gasteiger partial charge is 0.313 e. The zero-order valence-electron chi connectivity index (χ0n) is 12.7. The normalized spacial score (nSPS) is 13.4. The highest BCUT2D eigenvalue weighted by Gasteiger charge is 2.19. The Morgan fingerprint density at radius 2 is 2.10 bits per heavy atom. The van der Waals surface area contributed by atoms with Gasteiger partial charge in [0.25, 0.3) is 0 Å². The summed E-state index contributed by atoms with van der Waals surface area (Å²) >= 11 is 7.39. The minimum atomic E-state index is -0.385. The van der Waals surface area contributed by atoms with Crippen LogP contribution in [0.4, 0.5) is 4.39 Å². The molecule has 0 aliphatic rings. The Morgan fingerprint density at radius 1 is 1.38 bits per heavy atom. The lowest BCUT2D eigenvalue weighted by atomic mass is 9.93. The number of rotatable bonds is 4. The number of likely N-dealkylation sites (N-methyl/N-ethyl adjacent to an activating group) is 1. The molecule has 0 saturated heterocycles. The standard InChI is InChI=1S/C16H20ClFN2S/c1-16(2,3)14-9-21-15(20-14)8-13(19-4)10-5-6-11(17)12(18)7-10/h5-7,9,13,19H,8H2,1-4H3. The maximum atomic E-state index is 13.6. The van der Waals surface area contributed by atoms with E-state index in [4.69, 9.17) is 16.6 Å². The number of aromatic nitrogens is 1. The Kier molecular flexibility index (Phi) is 5.02. The molecule has 0 radical (unpaired) electrons. The number of benzene rings is 1. The van der Waals surface area contributed by atoms with Crippen LogP contribution in [0.25, 0.3) is 0 Å². The number of nitrogens with zero attached hydrogens (tertiary/aromatic N) is 1. The van der Waals surface area contributed by atoms with Crippen LogP contribution in [0.15, 0.2) is 23.6 Å². The minimum Gasteiger partial charge on any atom is -0.313 e. The number of hydrogen-bond acceptors (Lipinski definition) is 3. The van der Waals surface area contributed by atoms with E-state index in [2.05, 4.69) is 31.5 Å². The molecule has 0 saturated carbocycles. The van der Waals surface area contributed by atoms with Crippen LogP contribution in [-0.4, -0.2) is 12.0 Å². The monoisotopic (exact) mass is 326 g/mol. The summed E-state index contributed by atoms with van der Waals surface area (Å²) < 4.78 is 13.6. The Morgan fingerprint density at radius 3 is 2.62 bits per heavy atom. The second-order valence-corrected chi connectivity index (χ2v) is 7.45. The average molecular weight is 327 g/mol. The van der Waals surface area contributed by atoms with Crippen LogP contribution in [0.5, 0.6) is 0 Å². The topological polar surface area (TPSA) is 24.9 Å². The van der Waals surface area contributed by atoms with Gasteiger partial charge in [0.15, 0.2) is 0 Å². The third-order valence-corrected chi connectivity index (χ3v) is 4.57. The fourth-order valence-electron chi connectivity index (χ4n) is 2.04. The molecular weight excluding hydrogens is 307 g/mol. The predicted octanol–water partition coefficient (Wildman–Crippen LogP) is 4.74. The van der Waals surface area contributed by atoms with Gasteiger partial charge in [0.2, 0.25) is 0 Å². The second kappa shape index (κ2) is 6.42. The van der Waals surface area contributed by atoms with Crippen LogP contribution < -0.4 is 5.32 Å². The van der Waals surface area contributed by atoms with Crippen molar-refractivity contribution >= 4 is 22.9 Å². The summed E-state index contributed by atoms with van der Waals surface area (Å²) in [6.45, 7) is 6.45. The smallest absolute Gasteiger partial charge is 0.142 e. The van der Waals surface area contributed by atoms with Gasteiger partial charge in [-0.1, -0.05) is 38.4 Å². The van der Waals surface area contributed by atoms with E-state index >= 15 is 0 Å². The molecule has 0 fully saturated rings. The van der Waals surface area contributed by atoms with Crippen molar-refractivity contribution in [3.63, 3.8) is 0 Å². The lowest BCUT2D eigenvalue weighted by Gasteiger charge is -2.16. The Labute approximate surface area is 134 Å². The van der Waals surface area contributed by atoms with Gasteiger partial charge in [0.05, 0.1) is 15.7 Å². The molecule has 5 heteroatoms. The van der Waals surface area contributed by atoms with Gasteiger partial charge in [-0.2, -0.15) is 0 Å². The van der Waals surface area contributed by atoms with Gasteiger partial charge in [-0.05, 0) is 24.7 Å². The van der Waals surface area contributed by atoms with Crippen molar-refractivity contribution < 1.29 is 4.39 Å². The molecule has 0 bridgehead atoms. The van der Waals surface area contributed by atoms with Crippen molar-refractivity contribution in [3.8, 4) is 0 Å². The fraction of sp³-hybridized carbons (Fsp3) is 0.438. The fourth-order valence-corrected chi connectivity index (χ4v) is 3.22. The summed E-state index contributed by atoms with van der Waals surface area (Å²) in [5.74, 6) is -0.385. The zero-order chi connectivity index (χ0) is 15.6. The Hall–Kier alpha value is -0.970. The number of hydrogen-bond donors (Lipinski definition) is 1. The lowest BCUT2D eigenvalue weighted by molar-refractivity contribution is 0.557. The van der Waals surface area contributed by atoms with Crippen molar-refractivity contribution in [2.24, 2.45) is 0 Å². The molecule has 2 rings (SSSR count). The molecule has 1 aromatic heterocycles. The molecule has 0 amide bonds. The van der Waals surface area contributed by atoms with Crippen LogP contribution in [0.1, 0.15) is 43.1 Å². The number of halogens is 2. The first-order chi connectivity index (χ1) is 9.81. The molecule has 21 heavy (non-hydrogen) atoms. The van der Waals surface area contributed by atoms with Gasteiger partial charge in [-0.15, -0.1) is 11.3 Å². The van der Waals surface area contributed by atoms with E-state index in [0.717, 1.165) is 22.7 Å². The summed E-state index contributed by atoms with van der Waals surface area (Å²) in [4.78, 5) is 4.69. The van der Waals surface area contributed by atoms with E-state index in [1.54, 1.807) is 17.4 Å². The number of nitrogens with one attached hydrogen (secondary N) is 1. The van der Waals surface area contributed by atoms with Crippen molar-refractivity contribution in [2.75, 3.05) is 7.05 Å². The predicted molar refractivity (Wildman–Crippen MR) is 87.7 cm³/mol. The van der Waals surface area contributed by atoms with Crippen LogP contribution >= 0.6 is 22.9 Å². The highest BCUT2D eigenvalue weighted by Crippen LogP contribution is 2.27. The first kappa shape index (κ1) is 16.4. The van der Waals surface area contributed by atoms with E-state index in [0.29, 0.717) is 0 Å². The van der Waals surface area contributed by atoms with E-state index in [9.17, 15) is 4.39 Å². The lowest BCUT2D eigenvalue weighted by Crippen LogP contribution is -2.19. The second-order valence-electron chi connectivity index (χ2n) is 6.10. The van der Waals surface area contributed by atoms with Crippen molar-refractivity contribution in [1.82, 2.24) is 10.3 Å². The van der Waals surface area contributed by atoms with Crippen molar-refractivity contribution in [1.29, 1.82) is 0 Å². The Balaban J connectivity index is 2.19. The molecule has 1 aromatic carbocycles. The summed E-state index contributed by atoms with van der Waals surface area (Å²) in [6.07, 6.45) is 0.734. The summed E-state index contributed by atoms with van der Waals surface area (Å²) in [7, 11) is 1.87. The van der Waals surface area contributed by atoms with E-state index in [1.807, 2.05) is 13.1 Å². The molecular formula is C16H20ClFN2S. The molecule has 114 valence electrons. The van der Waals surface area contributed by atoms with Crippen LogP contribution in [0, 0.1) is 5.82 Å². The van der Waals surface area contributed by atoms with E-state index in [-0.39, 0.29) is 22.3 Å². The van der Waals surface area contributed by atoms with Gasteiger partial charge in [0, 0.05) is 23.3 Å². The van der Waals surface area contributed by atoms with Gasteiger partial charge >= 0.3 is 0 Å². The highest BCUT2D eigenvalue weighted by molar-refractivity contribution is 7.09. The highest BCUT2D eigenvalue weighted by atomic mass is 35.5. The quantitative estimate of drug-likeness (QED) is 0.878. The number of thiazole rings is 1. The minimum absolute atomic E-state index is 0.0238. The SMILES string of the molecule is CNC(Cc1nc(C(C)(C)C)cs1)c1ccc(Cl)c(F)c1. The van der Waals surface area contributed by atoms with E-state index in [1.165, 1.54) is 6.07 Å². The van der Waals surface area contributed by atoms with Crippen molar-refractivity contribution in [2.45, 2.75) is 38.6 Å². The van der Waals surface area contributed by atoms with Crippen LogP contribution in [-0.2, 0) is 11.8 Å². The first-order valence-electron chi connectivity index (χ1n) is 6.88. The Bertz CT molecular complexity index is 619. The van der Waals surface area contributed by atoms with E-state index < -0.39 is 0 Å². The van der Waals surface area contributed by atoms with Crippen LogP contribution in [0.2, 0.25) is 5.02 Å². The molecule has 2 nitrogen and oxygen atoms in total. The molecule has 0 aliphatic heterocycles. The molecule has 1 heterocycles. The first-order valence-corrected chi connectivity index (χ1v) is 8.14. The maximum Gasteiger partial charge on any atom is 0.142 e.